The first kappa shape index (κ1) is 25.8. The van der Waals surface area contributed by atoms with Gasteiger partial charge in [-0.15, -0.1) is 0 Å². The lowest BCUT2D eigenvalue weighted by atomic mass is 9.89. The zero-order chi connectivity index (χ0) is 25.7. The van der Waals surface area contributed by atoms with Crippen LogP contribution in [0.5, 0.6) is 5.75 Å². The van der Waals surface area contributed by atoms with Crippen LogP contribution in [0, 0.1) is 18.8 Å². The van der Waals surface area contributed by atoms with E-state index in [2.05, 4.69) is 10.3 Å². The molecular formula is C26H37ClN4O4. The summed E-state index contributed by atoms with van der Waals surface area (Å²) in [7, 11) is 1.63. The van der Waals surface area contributed by atoms with E-state index in [1.807, 2.05) is 46.8 Å². The van der Waals surface area contributed by atoms with E-state index in [0.717, 1.165) is 16.9 Å². The number of ether oxygens (including phenoxy) is 2. The summed E-state index contributed by atoms with van der Waals surface area (Å²) in [6.45, 7) is 10.2. The van der Waals surface area contributed by atoms with E-state index in [1.54, 1.807) is 12.0 Å². The second-order valence-corrected chi connectivity index (χ2v) is 11.8. The topological polar surface area (TPSA) is 106 Å². The molecule has 2 heterocycles. The van der Waals surface area contributed by atoms with Crippen molar-refractivity contribution in [3.05, 3.63) is 28.3 Å². The minimum Gasteiger partial charge on any atom is -0.487 e. The molecule has 0 aromatic heterocycles. The molecule has 1 saturated carbocycles. The highest BCUT2D eigenvalue weighted by atomic mass is 35.5. The average molecular weight is 505 g/mol. The summed E-state index contributed by atoms with van der Waals surface area (Å²) >= 11 is 6.40. The first-order valence-electron chi connectivity index (χ1n) is 12.3. The molecule has 8 nitrogen and oxygen atoms in total. The number of aryl methyl sites for hydroxylation is 1. The van der Waals surface area contributed by atoms with Gasteiger partial charge in [-0.25, -0.2) is 4.99 Å². The molecule has 0 spiro atoms. The number of carbonyl (C=O) groups is 2. The fourth-order valence-corrected chi connectivity index (χ4v) is 5.61. The van der Waals surface area contributed by atoms with Crippen molar-refractivity contribution < 1.29 is 19.1 Å². The number of aliphatic imine (C=N–C) groups is 1. The van der Waals surface area contributed by atoms with E-state index >= 15 is 0 Å². The van der Waals surface area contributed by atoms with E-state index < -0.39 is 11.1 Å². The van der Waals surface area contributed by atoms with Gasteiger partial charge in [-0.05, 0) is 71.1 Å². The maximum atomic E-state index is 13.4. The number of carbonyl (C=O) groups excluding carboxylic acids is 2. The minimum atomic E-state index is -0.521. The van der Waals surface area contributed by atoms with Crippen molar-refractivity contribution in [1.29, 1.82) is 0 Å². The van der Waals surface area contributed by atoms with E-state index in [9.17, 15) is 9.59 Å². The van der Waals surface area contributed by atoms with Gasteiger partial charge in [0.05, 0.1) is 18.0 Å². The smallest absolute Gasteiger partial charge is 0.231 e. The summed E-state index contributed by atoms with van der Waals surface area (Å²) in [6.07, 6.45) is 2.20. The predicted octanol–water partition coefficient (Wildman–Crippen LogP) is 3.73. The molecule has 2 aliphatic heterocycles. The quantitative estimate of drug-likeness (QED) is 0.588. The molecule has 4 atom stereocenters. The number of nitrogens with one attached hydrogen (secondary N) is 1. The Labute approximate surface area is 212 Å². The highest BCUT2D eigenvalue weighted by Crippen LogP contribution is 2.47. The van der Waals surface area contributed by atoms with Crippen LogP contribution in [0.15, 0.2) is 17.1 Å². The number of benzene rings is 1. The lowest BCUT2D eigenvalue weighted by Crippen LogP contribution is -2.55. The van der Waals surface area contributed by atoms with Crippen molar-refractivity contribution in [2.24, 2.45) is 22.6 Å². The molecule has 1 fully saturated rings. The van der Waals surface area contributed by atoms with Gasteiger partial charge in [0.15, 0.2) is 5.96 Å². The second kappa shape index (κ2) is 9.28. The van der Waals surface area contributed by atoms with Crippen LogP contribution in [0.2, 0.25) is 5.02 Å². The predicted molar refractivity (Wildman–Crippen MR) is 135 cm³/mol. The van der Waals surface area contributed by atoms with Crippen LogP contribution in [-0.2, 0) is 14.3 Å². The number of fused-ring (bicyclic) bond motifs is 1. The average Bonchev–Trinajstić information content (AvgIpc) is 3.51. The lowest BCUT2D eigenvalue weighted by Gasteiger charge is -2.39. The van der Waals surface area contributed by atoms with Gasteiger partial charge >= 0.3 is 0 Å². The number of halogens is 1. The highest BCUT2D eigenvalue weighted by molar-refractivity contribution is 6.31. The molecule has 9 heteroatoms. The summed E-state index contributed by atoms with van der Waals surface area (Å²) < 4.78 is 11.5. The SMILES string of the molecule is COCCC(C1CC1C(=O)NC1CC(C)(C)Oc2cc(C)c(Cl)cc21)N1C(=O)CC(C)(C)N=C1N. The Morgan fingerprint density at radius 2 is 2.09 bits per heavy atom. The fraction of sp³-hybridized carbons (Fsp3) is 0.654. The lowest BCUT2D eigenvalue weighted by molar-refractivity contribution is -0.132. The van der Waals surface area contributed by atoms with E-state index in [0.29, 0.717) is 30.9 Å². The Hall–Kier alpha value is -2.32. The Morgan fingerprint density at radius 1 is 1.37 bits per heavy atom. The largest absolute Gasteiger partial charge is 0.487 e. The van der Waals surface area contributed by atoms with Crippen LogP contribution in [-0.4, -0.2) is 53.6 Å². The molecule has 35 heavy (non-hydrogen) atoms. The van der Waals surface area contributed by atoms with Crippen molar-refractivity contribution in [1.82, 2.24) is 10.2 Å². The molecule has 3 aliphatic rings. The highest BCUT2D eigenvalue weighted by Gasteiger charge is 2.52. The molecule has 0 bridgehead atoms. The van der Waals surface area contributed by atoms with Crippen LogP contribution in [0.3, 0.4) is 0 Å². The number of hydrogen-bond acceptors (Lipinski definition) is 6. The van der Waals surface area contributed by atoms with Gasteiger partial charge in [0.1, 0.15) is 11.4 Å². The molecule has 4 rings (SSSR count). The van der Waals surface area contributed by atoms with Crippen LogP contribution >= 0.6 is 11.6 Å². The number of nitrogens with two attached hydrogens (primary N) is 1. The number of guanidine groups is 1. The van der Waals surface area contributed by atoms with Gasteiger partial charge in [0.25, 0.3) is 0 Å². The number of nitrogens with zero attached hydrogens (tertiary/aromatic N) is 2. The summed E-state index contributed by atoms with van der Waals surface area (Å²) in [5, 5.41) is 3.89. The molecule has 1 aromatic carbocycles. The molecule has 2 amide bonds. The second-order valence-electron chi connectivity index (χ2n) is 11.3. The molecule has 192 valence electrons. The number of hydrogen-bond donors (Lipinski definition) is 2. The van der Waals surface area contributed by atoms with Gasteiger partial charge in [-0.2, -0.15) is 0 Å². The molecule has 1 aromatic rings. The molecular weight excluding hydrogens is 468 g/mol. The van der Waals surface area contributed by atoms with E-state index in [-0.39, 0.29) is 48.1 Å². The minimum absolute atomic E-state index is 0.00186. The van der Waals surface area contributed by atoms with Crippen LogP contribution < -0.4 is 15.8 Å². The van der Waals surface area contributed by atoms with Crippen molar-refractivity contribution in [2.75, 3.05) is 13.7 Å². The maximum absolute atomic E-state index is 13.4. The zero-order valence-electron chi connectivity index (χ0n) is 21.5. The van der Waals surface area contributed by atoms with Crippen molar-refractivity contribution in [3.8, 4) is 5.75 Å². The van der Waals surface area contributed by atoms with Crippen LogP contribution in [0.1, 0.15) is 70.5 Å². The Balaban J connectivity index is 1.52. The summed E-state index contributed by atoms with van der Waals surface area (Å²) in [4.78, 5) is 32.6. The van der Waals surface area contributed by atoms with Gasteiger partial charge in [-0.1, -0.05) is 11.6 Å². The third-order valence-electron chi connectivity index (χ3n) is 7.20. The third kappa shape index (κ3) is 5.43. The number of rotatable bonds is 7. The summed E-state index contributed by atoms with van der Waals surface area (Å²) in [5.74, 6) is 0.691. The van der Waals surface area contributed by atoms with E-state index in [1.165, 1.54) is 0 Å². The number of amides is 2. The normalized spacial score (nSPS) is 27.4. The zero-order valence-corrected chi connectivity index (χ0v) is 22.2. The van der Waals surface area contributed by atoms with Crippen LogP contribution in [0.25, 0.3) is 0 Å². The van der Waals surface area contributed by atoms with Gasteiger partial charge < -0.3 is 20.5 Å². The molecule has 4 unspecified atom stereocenters. The van der Waals surface area contributed by atoms with Crippen molar-refractivity contribution >= 4 is 29.4 Å². The van der Waals surface area contributed by atoms with Gasteiger partial charge in [0, 0.05) is 42.7 Å². The Morgan fingerprint density at radius 3 is 2.74 bits per heavy atom. The monoisotopic (exact) mass is 504 g/mol. The molecule has 0 radical (unpaired) electrons. The van der Waals surface area contributed by atoms with Gasteiger partial charge in [-0.3, -0.25) is 14.5 Å². The third-order valence-corrected chi connectivity index (χ3v) is 7.61. The first-order valence-corrected chi connectivity index (χ1v) is 12.7. The van der Waals surface area contributed by atoms with Crippen molar-refractivity contribution in [2.45, 2.75) is 83.5 Å². The fourth-order valence-electron chi connectivity index (χ4n) is 5.44. The Kier molecular flexibility index (Phi) is 6.83. The maximum Gasteiger partial charge on any atom is 0.231 e. The van der Waals surface area contributed by atoms with E-state index in [4.69, 9.17) is 26.8 Å². The summed E-state index contributed by atoms with van der Waals surface area (Å²) in [6, 6.07) is 3.39. The molecule has 1 aliphatic carbocycles. The number of methoxy groups -OCH3 is 1. The van der Waals surface area contributed by atoms with Crippen molar-refractivity contribution in [3.63, 3.8) is 0 Å². The summed E-state index contributed by atoms with van der Waals surface area (Å²) in [5.41, 5.74) is 7.14. The van der Waals surface area contributed by atoms with Crippen LogP contribution in [0.4, 0.5) is 0 Å². The molecule has 0 saturated heterocycles. The standard InChI is InChI=1S/C26H37ClN4O4/c1-14-9-21-17(11-18(14)27)19(12-26(4,5)35-21)29-23(33)16-10-15(16)20(7-8-34-6)31-22(32)13-25(2,3)30-24(31)28/h9,11,15-16,19-20H,7-8,10,12-13H2,1-6H3,(H2,28,30)(H,29,33). The van der Waals surface area contributed by atoms with Gasteiger partial charge in [0.2, 0.25) is 11.8 Å². The first-order chi connectivity index (χ1) is 16.3. The molecule has 3 N–H and O–H groups in total. The Bertz CT molecular complexity index is 1050.